The van der Waals surface area contributed by atoms with Crippen LogP contribution in [0.5, 0.6) is 5.75 Å². The maximum atomic E-state index is 12.4. The average molecular weight is 346 g/mol. The number of carbonyl (C=O) groups excluding carboxylic acids is 2. The Morgan fingerprint density at radius 1 is 1.36 bits per heavy atom. The van der Waals surface area contributed by atoms with Gasteiger partial charge in [0.05, 0.1) is 13.2 Å². The number of aryl methyl sites for hydroxylation is 1. The van der Waals surface area contributed by atoms with Gasteiger partial charge in [-0.05, 0) is 30.9 Å². The lowest BCUT2D eigenvalue weighted by atomic mass is 10.0. The second-order valence-electron chi connectivity index (χ2n) is 6.67. The third-order valence-corrected chi connectivity index (χ3v) is 4.61. The number of nitrogens with one attached hydrogen (secondary N) is 1. The monoisotopic (exact) mass is 346 g/mol. The molecule has 0 atom stereocenters. The first-order valence-corrected chi connectivity index (χ1v) is 8.96. The number of hydrogen-bond donors (Lipinski definition) is 1. The molecule has 25 heavy (non-hydrogen) atoms. The molecule has 1 aromatic rings. The average Bonchev–Trinajstić information content (AvgIpc) is 3.45. The van der Waals surface area contributed by atoms with Crippen LogP contribution in [0.25, 0.3) is 0 Å². The summed E-state index contributed by atoms with van der Waals surface area (Å²) in [7, 11) is 1.61. The van der Waals surface area contributed by atoms with E-state index in [-0.39, 0.29) is 17.7 Å². The fraction of sp³-hybridized carbons (Fsp3) is 0.579. The number of benzene rings is 1. The van der Waals surface area contributed by atoms with Gasteiger partial charge in [0.1, 0.15) is 12.4 Å². The quantitative estimate of drug-likeness (QED) is 0.760. The van der Waals surface area contributed by atoms with Crippen molar-refractivity contribution < 1.29 is 19.1 Å². The molecular formula is C19H26N2O4. The Kier molecular flexibility index (Phi) is 5.91. The lowest BCUT2D eigenvalue weighted by Gasteiger charge is -2.19. The Hall–Kier alpha value is -2.08. The minimum absolute atomic E-state index is 0.0220. The van der Waals surface area contributed by atoms with Gasteiger partial charge in [0.15, 0.2) is 0 Å². The van der Waals surface area contributed by atoms with Crippen molar-refractivity contribution >= 4 is 11.8 Å². The van der Waals surface area contributed by atoms with E-state index in [0.717, 1.165) is 29.7 Å². The summed E-state index contributed by atoms with van der Waals surface area (Å²) in [6.07, 6.45) is 3.14. The van der Waals surface area contributed by atoms with Crippen molar-refractivity contribution in [1.82, 2.24) is 10.2 Å². The summed E-state index contributed by atoms with van der Waals surface area (Å²) in [5.41, 5.74) is 2.12. The van der Waals surface area contributed by atoms with Crippen LogP contribution >= 0.6 is 0 Å². The van der Waals surface area contributed by atoms with Gasteiger partial charge in [0.2, 0.25) is 11.8 Å². The van der Waals surface area contributed by atoms with Crippen molar-refractivity contribution in [2.45, 2.75) is 32.2 Å². The second kappa shape index (κ2) is 8.34. The van der Waals surface area contributed by atoms with Crippen molar-refractivity contribution in [3.05, 3.63) is 29.3 Å². The molecule has 1 aliphatic heterocycles. The number of methoxy groups -OCH3 is 1. The summed E-state index contributed by atoms with van der Waals surface area (Å²) in [4.78, 5) is 26.1. The molecule has 1 saturated carbocycles. The highest BCUT2D eigenvalue weighted by Crippen LogP contribution is 2.33. The molecular weight excluding hydrogens is 320 g/mol. The Morgan fingerprint density at radius 3 is 2.96 bits per heavy atom. The van der Waals surface area contributed by atoms with E-state index >= 15 is 0 Å². The van der Waals surface area contributed by atoms with Gasteiger partial charge in [-0.1, -0.05) is 12.1 Å². The van der Waals surface area contributed by atoms with Crippen LogP contribution in [0.1, 0.15) is 30.4 Å². The minimum Gasteiger partial charge on any atom is -0.491 e. The van der Waals surface area contributed by atoms with Gasteiger partial charge in [-0.25, -0.2) is 0 Å². The largest absolute Gasteiger partial charge is 0.491 e. The number of carbonyl (C=O) groups is 2. The summed E-state index contributed by atoms with van der Waals surface area (Å²) >= 11 is 0. The SMILES string of the molecule is COCCNC(=O)CCc1ccc2c(c1)CN(C(=O)C1CC1)CCO2. The van der Waals surface area contributed by atoms with Crippen LogP contribution in [-0.4, -0.2) is 50.1 Å². The maximum Gasteiger partial charge on any atom is 0.226 e. The zero-order chi connectivity index (χ0) is 17.6. The molecule has 1 heterocycles. The van der Waals surface area contributed by atoms with Crippen molar-refractivity contribution in [3.63, 3.8) is 0 Å². The van der Waals surface area contributed by atoms with E-state index in [9.17, 15) is 9.59 Å². The van der Waals surface area contributed by atoms with Crippen LogP contribution in [0.4, 0.5) is 0 Å². The fourth-order valence-electron chi connectivity index (χ4n) is 3.02. The number of ether oxygens (including phenoxy) is 2. The first-order chi connectivity index (χ1) is 12.2. The van der Waals surface area contributed by atoms with Crippen molar-refractivity contribution in [2.24, 2.45) is 5.92 Å². The Labute approximate surface area is 148 Å². The standard InChI is InChI=1S/C19H26N2O4/c1-24-10-8-20-18(22)7-3-14-2-6-17-16(12-14)13-21(9-11-25-17)19(23)15-4-5-15/h2,6,12,15H,3-5,7-11,13H2,1H3,(H,20,22). The topological polar surface area (TPSA) is 67.9 Å². The van der Waals surface area contributed by atoms with Crippen molar-refractivity contribution in [1.29, 1.82) is 0 Å². The second-order valence-corrected chi connectivity index (χ2v) is 6.67. The van der Waals surface area contributed by atoms with Crippen LogP contribution in [0, 0.1) is 5.92 Å². The summed E-state index contributed by atoms with van der Waals surface area (Å²) in [5.74, 6) is 1.34. The first kappa shape index (κ1) is 17.7. The molecule has 0 spiro atoms. The molecule has 1 aromatic carbocycles. The van der Waals surface area contributed by atoms with Gasteiger partial charge < -0.3 is 19.7 Å². The van der Waals surface area contributed by atoms with Crippen LogP contribution < -0.4 is 10.1 Å². The molecule has 1 fully saturated rings. The molecule has 2 amide bonds. The number of nitrogens with zero attached hydrogens (tertiary/aromatic N) is 1. The molecule has 6 heteroatoms. The van der Waals surface area contributed by atoms with Gasteiger partial charge in [-0.15, -0.1) is 0 Å². The van der Waals surface area contributed by atoms with Gasteiger partial charge in [-0.2, -0.15) is 0 Å². The number of hydrogen-bond acceptors (Lipinski definition) is 4. The van der Waals surface area contributed by atoms with Crippen LogP contribution in [-0.2, 0) is 27.3 Å². The maximum absolute atomic E-state index is 12.4. The van der Waals surface area contributed by atoms with Crippen LogP contribution in [0.2, 0.25) is 0 Å². The van der Waals surface area contributed by atoms with Crippen LogP contribution in [0.15, 0.2) is 18.2 Å². The highest BCUT2D eigenvalue weighted by molar-refractivity contribution is 5.81. The predicted molar refractivity (Wildman–Crippen MR) is 93.3 cm³/mol. The molecule has 3 rings (SSSR count). The molecule has 1 N–H and O–H groups in total. The zero-order valence-electron chi connectivity index (χ0n) is 14.8. The molecule has 0 radical (unpaired) electrons. The summed E-state index contributed by atoms with van der Waals surface area (Å²) in [5, 5.41) is 2.83. The third-order valence-electron chi connectivity index (χ3n) is 4.61. The number of fused-ring (bicyclic) bond motifs is 1. The summed E-state index contributed by atoms with van der Waals surface area (Å²) < 4.78 is 10.7. The third kappa shape index (κ3) is 4.95. The van der Waals surface area contributed by atoms with Crippen molar-refractivity contribution in [2.75, 3.05) is 33.4 Å². The van der Waals surface area contributed by atoms with Gasteiger partial charge in [0, 0.05) is 38.1 Å². The molecule has 6 nitrogen and oxygen atoms in total. The highest BCUT2D eigenvalue weighted by atomic mass is 16.5. The minimum atomic E-state index is 0.0220. The van der Waals surface area contributed by atoms with E-state index in [0.29, 0.717) is 45.7 Å². The molecule has 0 aromatic heterocycles. The summed E-state index contributed by atoms with van der Waals surface area (Å²) in [6, 6.07) is 6.02. The predicted octanol–water partition coefficient (Wildman–Crippen LogP) is 1.51. The molecule has 2 aliphatic rings. The number of amides is 2. The molecule has 0 saturated heterocycles. The van der Waals surface area contributed by atoms with E-state index in [1.165, 1.54) is 0 Å². The Bertz CT molecular complexity index is 628. The van der Waals surface area contributed by atoms with Crippen molar-refractivity contribution in [3.8, 4) is 5.75 Å². The molecule has 0 unspecified atom stereocenters. The van der Waals surface area contributed by atoms with E-state index < -0.39 is 0 Å². The molecule has 136 valence electrons. The van der Waals surface area contributed by atoms with Gasteiger partial charge in [0.25, 0.3) is 0 Å². The van der Waals surface area contributed by atoms with Gasteiger partial charge >= 0.3 is 0 Å². The summed E-state index contributed by atoms with van der Waals surface area (Å²) in [6.45, 7) is 2.82. The van der Waals surface area contributed by atoms with E-state index in [1.54, 1.807) is 7.11 Å². The Morgan fingerprint density at radius 2 is 2.20 bits per heavy atom. The number of rotatable bonds is 7. The van der Waals surface area contributed by atoms with E-state index in [4.69, 9.17) is 9.47 Å². The Balaban J connectivity index is 1.58. The molecule has 1 aliphatic carbocycles. The smallest absolute Gasteiger partial charge is 0.226 e. The lowest BCUT2D eigenvalue weighted by Crippen LogP contribution is -2.33. The van der Waals surface area contributed by atoms with E-state index in [2.05, 4.69) is 11.4 Å². The zero-order valence-corrected chi connectivity index (χ0v) is 14.8. The first-order valence-electron chi connectivity index (χ1n) is 8.96. The fourth-order valence-corrected chi connectivity index (χ4v) is 3.02. The normalized spacial score (nSPS) is 16.6. The lowest BCUT2D eigenvalue weighted by molar-refractivity contribution is -0.133. The molecule has 0 bridgehead atoms. The van der Waals surface area contributed by atoms with Crippen LogP contribution in [0.3, 0.4) is 0 Å². The van der Waals surface area contributed by atoms with Gasteiger partial charge in [-0.3, -0.25) is 9.59 Å². The highest BCUT2D eigenvalue weighted by Gasteiger charge is 2.34. The van der Waals surface area contributed by atoms with E-state index in [1.807, 2.05) is 17.0 Å².